The first-order valence-electron chi connectivity index (χ1n) is 7.80. The Morgan fingerprint density at radius 2 is 2.08 bits per heavy atom. The molecule has 124 valence electrons. The second-order valence-corrected chi connectivity index (χ2v) is 6.30. The average Bonchev–Trinajstić information content (AvgIpc) is 3.26. The van der Waals surface area contributed by atoms with E-state index in [4.69, 9.17) is 0 Å². The van der Waals surface area contributed by atoms with Gasteiger partial charge in [0.1, 0.15) is 11.0 Å². The first-order chi connectivity index (χ1) is 11.6. The molecule has 1 aromatic carbocycles. The zero-order valence-electron chi connectivity index (χ0n) is 13.5. The van der Waals surface area contributed by atoms with Crippen molar-refractivity contribution in [3.63, 3.8) is 0 Å². The number of aryl methyl sites for hydroxylation is 1. The molecule has 1 fully saturated rings. The van der Waals surface area contributed by atoms with Crippen molar-refractivity contribution in [3.05, 3.63) is 42.0 Å². The van der Waals surface area contributed by atoms with Gasteiger partial charge in [0.2, 0.25) is 0 Å². The summed E-state index contributed by atoms with van der Waals surface area (Å²) in [7, 11) is 4.04. The number of aromatic nitrogens is 4. The Balaban J connectivity index is 1.56. The molecule has 1 saturated heterocycles. The van der Waals surface area contributed by atoms with Crippen molar-refractivity contribution in [2.45, 2.75) is 12.0 Å². The number of imidazole rings is 1. The summed E-state index contributed by atoms with van der Waals surface area (Å²) in [6.07, 6.45) is 3.66. The van der Waals surface area contributed by atoms with E-state index in [0.29, 0.717) is 16.6 Å². The van der Waals surface area contributed by atoms with Gasteiger partial charge in [0.05, 0.1) is 12.4 Å². The first kappa shape index (κ1) is 14.8. The maximum absolute atomic E-state index is 12.6. The lowest BCUT2D eigenvalue weighted by Gasteiger charge is -2.20. The molecule has 0 saturated carbocycles. The van der Waals surface area contributed by atoms with Crippen LogP contribution in [0, 0.1) is 0 Å². The second-order valence-electron chi connectivity index (χ2n) is 6.30. The summed E-state index contributed by atoms with van der Waals surface area (Å²) >= 11 is 0. The minimum Gasteiger partial charge on any atom is -0.347 e. The number of carbonyl (C=O) groups is 1. The van der Waals surface area contributed by atoms with E-state index in [9.17, 15) is 4.79 Å². The van der Waals surface area contributed by atoms with E-state index in [-0.39, 0.29) is 17.9 Å². The van der Waals surface area contributed by atoms with Gasteiger partial charge in [-0.1, -0.05) is 0 Å². The third-order valence-electron chi connectivity index (χ3n) is 4.57. The standard InChI is InChI=1S/C16H18N6O2/c1-21-7-11(15-6-17-9-22(15)2)14(8-21)18-16(23)10-3-4-12-13(5-10)20-24-19-12/h3-6,9,11,14H,7-8H2,1-2H3,(H,18,23)/t11-,14-/m1/s1. The van der Waals surface area contributed by atoms with E-state index in [1.54, 1.807) is 24.5 Å². The Bertz CT molecular complexity index is 885. The van der Waals surface area contributed by atoms with Gasteiger partial charge in [0, 0.05) is 43.5 Å². The van der Waals surface area contributed by atoms with Gasteiger partial charge < -0.3 is 14.8 Å². The molecule has 0 spiro atoms. The number of likely N-dealkylation sites (N-methyl/N-ethyl adjacent to an activating group) is 1. The summed E-state index contributed by atoms with van der Waals surface area (Å²) in [6, 6.07) is 5.20. The zero-order valence-corrected chi connectivity index (χ0v) is 13.5. The van der Waals surface area contributed by atoms with Gasteiger partial charge in [-0.3, -0.25) is 4.79 Å². The highest BCUT2D eigenvalue weighted by Gasteiger charge is 2.34. The van der Waals surface area contributed by atoms with Crippen LogP contribution in [0.5, 0.6) is 0 Å². The molecule has 24 heavy (non-hydrogen) atoms. The molecule has 0 unspecified atom stereocenters. The highest BCUT2D eigenvalue weighted by atomic mass is 16.6. The van der Waals surface area contributed by atoms with Crippen molar-refractivity contribution < 1.29 is 9.42 Å². The molecule has 4 rings (SSSR count). The summed E-state index contributed by atoms with van der Waals surface area (Å²) in [4.78, 5) is 19.1. The summed E-state index contributed by atoms with van der Waals surface area (Å²) in [5.74, 6) is 0.0938. The molecule has 1 N–H and O–H groups in total. The van der Waals surface area contributed by atoms with Crippen molar-refractivity contribution >= 4 is 16.9 Å². The Kier molecular flexibility index (Phi) is 3.53. The largest absolute Gasteiger partial charge is 0.347 e. The van der Waals surface area contributed by atoms with Crippen LogP contribution in [0.15, 0.2) is 35.4 Å². The predicted octanol–water partition coefficient (Wildman–Crippen LogP) is 0.784. The number of likely N-dealkylation sites (tertiary alicyclic amines) is 1. The number of rotatable bonds is 3. The van der Waals surface area contributed by atoms with E-state index in [2.05, 4.69) is 37.2 Å². The number of hydrogen-bond acceptors (Lipinski definition) is 6. The summed E-state index contributed by atoms with van der Waals surface area (Å²) < 4.78 is 6.69. The predicted molar refractivity (Wildman–Crippen MR) is 86.5 cm³/mol. The molecular formula is C16H18N6O2. The lowest BCUT2D eigenvalue weighted by molar-refractivity contribution is 0.0935. The second kappa shape index (κ2) is 5.72. The van der Waals surface area contributed by atoms with Crippen LogP contribution in [0.3, 0.4) is 0 Å². The molecule has 1 aliphatic heterocycles. The van der Waals surface area contributed by atoms with Crippen molar-refractivity contribution in [1.29, 1.82) is 0 Å². The van der Waals surface area contributed by atoms with Crippen LogP contribution < -0.4 is 5.32 Å². The quantitative estimate of drug-likeness (QED) is 0.765. The van der Waals surface area contributed by atoms with Crippen LogP contribution >= 0.6 is 0 Å². The number of amides is 1. The zero-order chi connectivity index (χ0) is 16.7. The van der Waals surface area contributed by atoms with Crippen molar-refractivity contribution in [1.82, 2.24) is 30.1 Å². The molecule has 0 bridgehead atoms. The summed E-state index contributed by atoms with van der Waals surface area (Å²) in [5.41, 5.74) is 2.89. The van der Waals surface area contributed by atoms with Crippen LogP contribution in [0.4, 0.5) is 0 Å². The SMILES string of the molecule is CN1C[C@@H](NC(=O)c2ccc3nonc3c2)[C@H](c2cncn2C)C1. The van der Waals surface area contributed by atoms with Crippen LogP contribution in [0.25, 0.3) is 11.0 Å². The minimum absolute atomic E-state index is 0.0315. The number of hydrogen-bond donors (Lipinski definition) is 1. The fourth-order valence-electron chi connectivity index (χ4n) is 3.35. The smallest absolute Gasteiger partial charge is 0.251 e. The molecule has 8 nitrogen and oxygen atoms in total. The van der Waals surface area contributed by atoms with E-state index < -0.39 is 0 Å². The Hall–Kier alpha value is -2.74. The maximum Gasteiger partial charge on any atom is 0.251 e. The molecule has 1 amide bonds. The highest BCUT2D eigenvalue weighted by molar-refractivity contribution is 5.97. The first-order valence-corrected chi connectivity index (χ1v) is 7.80. The third-order valence-corrected chi connectivity index (χ3v) is 4.57. The van der Waals surface area contributed by atoms with Gasteiger partial charge in [0.25, 0.3) is 5.91 Å². The Morgan fingerprint density at radius 1 is 1.25 bits per heavy atom. The lowest BCUT2D eigenvalue weighted by atomic mass is 9.99. The third kappa shape index (κ3) is 2.54. The van der Waals surface area contributed by atoms with Crippen LogP contribution in [-0.4, -0.2) is 56.9 Å². The van der Waals surface area contributed by atoms with Crippen LogP contribution in [0.2, 0.25) is 0 Å². The Morgan fingerprint density at radius 3 is 2.88 bits per heavy atom. The number of carbonyl (C=O) groups excluding carboxylic acids is 1. The average molecular weight is 326 g/mol. The van der Waals surface area contributed by atoms with Crippen LogP contribution in [0.1, 0.15) is 22.0 Å². The van der Waals surface area contributed by atoms with E-state index in [0.717, 1.165) is 18.8 Å². The van der Waals surface area contributed by atoms with Gasteiger partial charge in [-0.25, -0.2) is 9.61 Å². The number of fused-ring (bicyclic) bond motifs is 1. The van der Waals surface area contributed by atoms with E-state index >= 15 is 0 Å². The monoisotopic (exact) mass is 326 g/mol. The van der Waals surface area contributed by atoms with Gasteiger partial charge in [-0.2, -0.15) is 0 Å². The minimum atomic E-state index is -0.118. The molecule has 3 aromatic rings. The fraction of sp³-hybridized carbons (Fsp3) is 0.375. The van der Waals surface area contributed by atoms with Gasteiger partial charge >= 0.3 is 0 Å². The molecule has 8 heteroatoms. The normalized spacial score (nSPS) is 21.4. The van der Waals surface area contributed by atoms with Gasteiger partial charge in [-0.15, -0.1) is 0 Å². The van der Waals surface area contributed by atoms with E-state index in [1.807, 2.05) is 17.8 Å². The van der Waals surface area contributed by atoms with Gasteiger partial charge in [-0.05, 0) is 35.6 Å². The molecule has 0 radical (unpaired) electrons. The van der Waals surface area contributed by atoms with Crippen molar-refractivity contribution in [2.75, 3.05) is 20.1 Å². The molecule has 0 aliphatic carbocycles. The summed E-state index contributed by atoms with van der Waals surface area (Å²) in [6.45, 7) is 1.69. The lowest BCUT2D eigenvalue weighted by Crippen LogP contribution is -2.40. The van der Waals surface area contributed by atoms with Crippen molar-refractivity contribution in [2.24, 2.45) is 7.05 Å². The summed E-state index contributed by atoms with van der Waals surface area (Å²) in [5, 5.41) is 10.7. The highest BCUT2D eigenvalue weighted by Crippen LogP contribution is 2.26. The van der Waals surface area contributed by atoms with Gasteiger partial charge in [0.15, 0.2) is 0 Å². The fourth-order valence-corrected chi connectivity index (χ4v) is 3.35. The number of benzene rings is 1. The number of nitrogens with one attached hydrogen (secondary N) is 1. The number of nitrogens with zero attached hydrogens (tertiary/aromatic N) is 5. The maximum atomic E-state index is 12.6. The molecule has 2 atom stereocenters. The Labute approximate surface area is 138 Å². The van der Waals surface area contributed by atoms with E-state index in [1.165, 1.54) is 0 Å². The molecular weight excluding hydrogens is 308 g/mol. The van der Waals surface area contributed by atoms with Crippen LogP contribution in [-0.2, 0) is 7.05 Å². The van der Waals surface area contributed by atoms with Crippen molar-refractivity contribution in [3.8, 4) is 0 Å². The molecule has 1 aliphatic rings. The molecule has 3 heterocycles. The topological polar surface area (TPSA) is 89.1 Å². The molecule has 2 aromatic heterocycles.